The summed E-state index contributed by atoms with van der Waals surface area (Å²) in [5.74, 6) is 0. The molecule has 0 fully saturated rings. The lowest BCUT2D eigenvalue weighted by Gasteiger charge is -2.13. The number of primary sulfonamides is 1. The van der Waals surface area contributed by atoms with E-state index in [-0.39, 0.29) is 17.0 Å². The van der Waals surface area contributed by atoms with Gasteiger partial charge in [0.25, 0.3) is 0 Å². The van der Waals surface area contributed by atoms with Crippen molar-refractivity contribution < 1.29 is 13.2 Å². The highest BCUT2D eigenvalue weighted by Crippen LogP contribution is 2.21. The van der Waals surface area contributed by atoms with Crippen LogP contribution in [0.2, 0.25) is 0 Å². The number of anilines is 1. The first kappa shape index (κ1) is 14.5. The second kappa shape index (κ2) is 5.36. The molecule has 100 valence electrons. The van der Waals surface area contributed by atoms with E-state index >= 15 is 0 Å². The lowest BCUT2D eigenvalue weighted by molar-refractivity contribution is 0.250. The molecule has 1 rings (SSSR count). The summed E-state index contributed by atoms with van der Waals surface area (Å²) in [6.07, 6.45) is 0. The van der Waals surface area contributed by atoms with Gasteiger partial charge in [-0.1, -0.05) is 6.07 Å². The lowest BCUT2D eigenvalue weighted by atomic mass is 10.2. The number of carbonyl (C=O) groups excluding carboxylic acids is 1. The van der Waals surface area contributed by atoms with Crippen LogP contribution < -0.4 is 15.8 Å². The first-order valence-electron chi connectivity index (χ1n) is 5.41. The maximum atomic E-state index is 11.5. The van der Waals surface area contributed by atoms with E-state index in [4.69, 9.17) is 5.14 Å². The third-order valence-corrected chi connectivity index (χ3v) is 3.31. The molecule has 0 aliphatic carbocycles. The number of nitrogens with one attached hydrogen (secondary N) is 2. The fourth-order valence-corrected chi connectivity index (χ4v) is 2.28. The Hall–Kier alpha value is -1.60. The molecule has 0 aromatic heterocycles. The summed E-state index contributed by atoms with van der Waals surface area (Å²) in [5.41, 5.74) is 0.832. The van der Waals surface area contributed by atoms with E-state index in [9.17, 15) is 13.2 Å². The van der Waals surface area contributed by atoms with Crippen LogP contribution in [0.25, 0.3) is 0 Å². The molecule has 1 aromatic carbocycles. The maximum absolute atomic E-state index is 11.5. The number of carbonyl (C=O) groups is 1. The summed E-state index contributed by atoms with van der Waals surface area (Å²) in [5, 5.41) is 10.3. The van der Waals surface area contributed by atoms with Crippen molar-refractivity contribution in [1.29, 1.82) is 0 Å². The summed E-state index contributed by atoms with van der Waals surface area (Å²) < 4.78 is 22.6. The Morgan fingerprint density at radius 2 is 1.94 bits per heavy atom. The summed E-state index contributed by atoms with van der Waals surface area (Å²) in [7, 11) is -3.79. The fraction of sp³-hybridized carbons (Fsp3) is 0.364. The number of sulfonamides is 1. The zero-order chi connectivity index (χ0) is 13.9. The van der Waals surface area contributed by atoms with Crippen molar-refractivity contribution in [2.45, 2.75) is 31.7 Å². The van der Waals surface area contributed by atoms with Crippen molar-refractivity contribution in [2.75, 3.05) is 5.32 Å². The molecule has 7 heteroatoms. The Labute approximate surface area is 107 Å². The average Bonchev–Trinajstić information content (AvgIpc) is 2.18. The summed E-state index contributed by atoms with van der Waals surface area (Å²) in [6.45, 7) is 5.24. The number of rotatable bonds is 3. The molecule has 0 bridgehead atoms. The second-order valence-corrected chi connectivity index (χ2v) is 5.76. The monoisotopic (exact) mass is 271 g/mol. The third kappa shape index (κ3) is 3.71. The van der Waals surface area contributed by atoms with Crippen molar-refractivity contribution >= 4 is 21.7 Å². The van der Waals surface area contributed by atoms with E-state index in [1.54, 1.807) is 13.0 Å². The summed E-state index contributed by atoms with van der Waals surface area (Å²) in [4.78, 5) is 11.5. The zero-order valence-corrected chi connectivity index (χ0v) is 11.3. The minimum atomic E-state index is -3.79. The number of nitrogens with two attached hydrogens (primary N) is 1. The van der Waals surface area contributed by atoms with Gasteiger partial charge < -0.3 is 10.6 Å². The minimum Gasteiger partial charge on any atom is -0.336 e. The summed E-state index contributed by atoms with van der Waals surface area (Å²) in [6, 6.07) is 4.14. The molecule has 4 N–H and O–H groups in total. The van der Waals surface area contributed by atoms with Crippen LogP contribution in [0.3, 0.4) is 0 Å². The molecule has 6 nitrogen and oxygen atoms in total. The van der Waals surface area contributed by atoms with Gasteiger partial charge in [0.1, 0.15) is 0 Å². The molecule has 0 saturated heterocycles. The second-order valence-electron chi connectivity index (χ2n) is 4.23. The molecule has 0 radical (unpaired) electrons. The van der Waals surface area contributed by atoms with Crippen LogP contribution in [-0.2, 0) is 10.0 Å². The van der Waals surface area contributed by atoms with E-state index < -0.39 is 10.0 Å². The van der Waals surface area contributed by atoms with Crippen LogP contribution in [-0.4, -0.2) is 20.5 Å². The smallest absolute Gasteiger partial charge is 0.319 e. The number of urea groups is 1. The third-order valence-electron chi connectivity index (χ3n) is 2.26. The number of hydrogen-bond acceptors (Lipinski definition) is 3. The van der Waals surface area contributed by atoms with Crippen LogP contribution in [0.5, 0.6) is 0 Å². The molecule has 2 amide bonds. The van der Waals surface area contributed by atoms with Gasteiger partial charge in [-0.25, -0.2) is 18.4 Å². The molecule has 0 atom stereocenters. The Balaban J connectivity index is 3.02. The number of benzene rings is 1. The molecule has 0 aliphatic rings. The first-order chi connectivity index (χ1) is 8.21. The van der Waals surface area contributed by atoms with Gasteiger partial charge in [-0.15, -0.1) is 0 Å². The van der Waals surface area contributed by atoms with Gasteiger partial charge in [0.15, 0.2) is 0 Å². The molecule has 0 spiro atoms. The normalized spacial score (nSPS) is 11.4. The van der Waals surface area contributed by atoms with Gasteiger partial charge in [-0.2, -0.15) is 0 Å². The van der Waals surface area contributed by atoms with Gasteiger partial charge >= 0.3 is 6.03 Å². The zero-order valence-electron chi connectivity index (χ0n) is 10.5. The Bertz CT molecular complexity index is 553. The molecule has 0 unspecified atom stereocenters. The Kier molecular flexibility index (Phi) is 4.31. The highest BCUT2D eigenvalue weighted by molar-refractivity contribution is 7.89. The van der Waals surface area contributed by atoms with Gasteiger partial charge in [0.2, 0.25) is 10.0 Å². The standard InChI is InChI=1S/C11H17N3O3S/c1-7(2)13-11(15)14-9-5-4-6-10(8(9)3)18(12,16)17/h4-7H,1-3H3,(H2,12,16,17)(H2,13,14,15). The van der Waals surface area contributed by atoms with E-state index in [2.05, 4.69) is 10.6 Å². The van der Waals surface area contributed by atoms with Gasteiger partial charge in [-0.3, -0.25) is 0 Å². The highest BCUT2D eigenvalue weighted by Gasteiger charge is 2.15. The molecular weight excluding hydrogens is 254 g/mol. The van der Waals surface area contributed by atoms with Crippen LogP contribution in [0.4, 0.5) is 10.5 Å². The minimum absolute atomic E-state index is 0.00449. The van der Waals surface area contributed by atoms with E-state index in [1.165, 1.54) is 12.1 Å². The van der Waals surface area contributed by atoms with Crippen LogP contribution in [0.15, 0.2) is 23.1 Å². The van der Waals surface area contributed by atoms with Gasteiger partial charge in [0, 0.05) is 11.7 Å². The lowest BCUT2D eigenvalue weighted by Crippen LogP contribution is -2.34. The first-order valence-corrected chi connectivity index (χ1v) is 6.96. The topological polar surface area (TPSA) is 101 Å². The van der Waals surface area contributed by atoms with Crippen molar-refractivity contribution in [3.8, 4) is 0 Å². The number of amides is 2. The Morgan fingerprint density at radius 1 is 1.33 bits per heavy atom. The maximum Gasteiger partial charge on any atom is 0.319 e. The van der Waals surface area contributed by atoms with Crippen LogP contribution >= 0.6 is 0 Å². The predicted molar refractivity (Wildman–Crippen MR) is 69.8 cm³/mol. The molecule has 18 heavy (non-hydrogen) atoms. The van der Waals surface area contributed by atoms with Gasteiger partial charge in [0.05, 0.1) is 4.90 Å². The van der Waals surface area contributed by atoms with Crippen molar-refractivity contribution in [3.05, 3.63) is 23.8 Å². The van der Waals surface area contributed by atoms with E-state index in [1.807, 2.05) is 13.8 Å². The summed E-state index contributed by atoms with van der Waals surface area (Å²) >= 11 is 0. The Morgan fingerprint density at radius 3 is 2.44 bits per heavy atom. The van der Waals surface area contributed by atoms with E-state index in [0.717, 1.165) is 0 Å². The van der Waals surface area contributed by atoms with Crippen molar-refractivity contribution in [2.24, 2.45) is 5.14 Å². The predicted octanol–water partition coefficient (Wildman–Crippen LogP) is 1.17. The van der Waals surface area contributed by atoms with Crippen molar-refractivity contribution in [1.82, 2.24) is 5.32 Å². The molecule has 0 saturated carbocycles. The number of hydrogen-bond donors (Lipinski definition) is 3. The van der Waals surface area contributed by atoms with Crippen LogP contribution in [0, 0.1) is 6.92 Å². The van der Waals surface area contributed by atoms with Crippen LogP contribution in [0.1, 0.15) is 19.4 Å². The molecule has 0 heterocycles. The van der Waals surface area contributed by atoms with Crippen molar-refractivity contribution in [3.63, 3.8) is 0 Å². The largest absolute Gasteiger partial charge is 0.336 e. The quantitative estimate of drug-likeness (QED) is 0.769. The van der Waals surface area contributed by atoms with Gasteiger partial charge in [-0.05, 0) is 38.5 Å². The SMILES string of the molecule is Cc1c(NC(=O)NC(C)C)cccc1S(N)(=O)=O. The molecule has 0 aliphatic heterocycles. The average molecular weight is 271 g/mol. The molecule has 1 aromatic rings. The molecular formula is C11H17N3O3S. The fourth-order valence-electron chi connectivity index (χ4n) is 1.48. The highest BCUT2D eigenvalue weighted by atomic mass is 32.2. The van der Waals surface area contributed by atoms with E-state index in [0.29, 0.717) is 11.3 Å².